The van der Waals surface area contributed by atoms with Crippen LogP contribution in [0.3, 0.4) is 0 Å². The highest BCUT2D eigenvalue weighted by atomic mass is 35.5. The molecule has 26 heavy (non-hydrogen) atoms. The van der Waals surface area contributed by atoms with Crippen LogP contribution in [0.25, 0.3) is 0 Å². The van der Waals surface area contributed by atoms with Gasteiger partial charge in [0.05, 0.1) is 17.9 Å². The molecule has 2 aliphatic rings. The topological polar surface area (TPSA) is 66.5 Å². The first-order chi connectivity index (χ1) is 12.4. The molecule has 1 fully saturated rings. The van der Waals surface area contributed by atoms with Gasteiger partial charge >= 0.3 is 0 Å². The number of fused-ring (bicyclic) bond motifs is 1. The maximum absolute atomic E-state index is 12.4. The zero-order valence-electron chi connectivity index (χ0n) is 14.4. The maximum Gasteiger partial charge on any atom is 0.233 e. The zero-order chi connectivity index (χ0) is 18.8. The number of likely N-dealkylation sites (tertiary alicyclic amines) is 1. The van der Waals surface area contributed by atoms with Crippen molar-refractivity contribution in [2.75, 3.05) is 6.54 Å². The van der Waals surface area contributed by atoms with E-state index in [-0.39, 0.29) is 48.6 Å². The average molecular weight is 395 g/mol. The minimum atomic E-state index is -0.302. The van der Waals surface area contributed by atoms with E-state index in [9.17, 15) is 14.4 Å². The van der Waals surface area contributed by atoms with Crippen LogP contribution >= 0.6 is 23.2 Å². The molecule has 3 amide bonds. The molecule has 5 nitrogen and oxygen atoms in total. The van der Waals surface area contributed by atoms with Crippen LogP contribution in [0.1, 0.15) is 37.8 Å². The summed E-state index contributed by atoms with van der Waals surface area (Å²) in [7, 11) is 0. The Bertz CT molecular complexity index is 752. The smallest absolute Gasteiger partial charge is 0.233 e. The molecule has 0 saturated carbocycles. The molecule has 0 unspecified atom stereocenters. The number of nitrogens with zero attached hydrogens (tertiary/aromatic N) is 1. The molecule has 3 atom stereocenters. The van der Waals surface area contributed by atoms with Crippen molar-refractivity contribution in [1.29, 1.82) is 0 Å². The maximum atomic E-state index is 12.4. The van der Waals surface area contributed by atoms with E-state index >= 15 is 0 Å². The monoisotopic (exact) mass is 394 g/mol. The van der Waals surface area contributed by atoms with Gasteiger partial charge in [-0.05, 0) is 37.5 Å². The second kappa shape index (κ2) is 7.80. The standard InChI is InChI=1S/C19H20Cl2N2O3/c1-11(13-7-6-12(20)10-16(13)21)22-17(24)8-9-23-18(25)14-4-2-3-5-15(14)19(23)26/h2-3,6-7,10-11,14-15H,4-5,8-9H2,1H3,(H,22,24)/t11-,14+,15+/m1/s1. The van der Waals surface area contributed by atoms with Crippen LogP contribution in [0.5, 0.6) is 0 Å². The number of amides is 3. The lowest BCUT2D eigenvalue weighted by molar-refractivity contribution is -0.140. The van der Waals surface area contributed by atoms with Gasteiger partial charge in [0, 0.05) is 23.0 Å². The van der Waals surface area contributed by atoms with Crippen LogP contribution in [0.2, 0.25) is 10.0 Å². The number of benzene rings is 1. The van der Waals surface area contributed by atoms with Gasteiger partial charge in [-0.3, -0.25) is 19.3 Å². The number of carbonyl (C=O) groups excluding carboxylic acids is 3. The summed E-state index contributed by atoms with van der Waals surface area (Å²) >= 11 is 12.0. The summed E-state index contributed by atoms with van der Waals surface area (Å²) in [4.78, 5) is 38.3. The second-order valence-corrected chi connectivity index (χ2v) is 7.53. The molecule has 3 rings (SSSR count). The highest BCUT2D eigenvalue weighted by Gasteiger charge is 2.46. The summed E-state index contributed by atoms with van der Waals surface area (Å²) < 4.78 is 0. The Morgan fingerprint density at radius 2 is 1.81 bits per heavy atom. The summed E-state index contributed by atoms with van der Waals surface area (Å²) in [5.74, 6) is -1.08. The van der Waals surface area contributed by atoms with E-state index < -0.39 is 0 Å². The molecular formula is C19H20Cl2N2O3. The van der Waals surface area contributed by atoms with Gasteiger partial charge in [-0.25, -0.2) is 0 Å². The Balaban J connectivity index is 1.56. The molecule has 1 N–H and O–H groups in total. The van der Waals surface area contributed by atoms with Gasteiger partial charge in [-0.1, -0.05) is 41.4 Å². The molecule has 1 aromatic rings. The number of allylic oxidation sites excluding steroid dienone is 2. The highest BCUT2D eigenvalue weighted by molar-refractivity contribution is 6.35. The predicted molar refractivity (Wildman–Crippen MR) is 99.7 cm³/mol. The van der Waals surface area contributed by atoms with E-state index in [1.807, 2.05) is 19.1 Å². The van der Waals surface area contributed by atoms with Gasteiger partial charge in [-0.2, -0.15) is 0 Å². The molecule has 1 aliphatic carbocycles. The third-order valence-electron chi connectivity index (χ3n) is 4.97. The zero-order valence-corrected chi connectivity index (χ0v) is 15.9. The summed E-state index contributed by atoms with van der Waals surface area (Å²) in [5, 5.41) is 3.85. The average Bonchev–Trinajstić information content (AvgIpc) is 2.84. The van der Waals surface area contributed by atoms with E-state index in [2.05, 4.69) is 5.32 Å². The molecule has 0 aromatic heterocycles. The molecule has 7 heteroatoms. The molecule has 0 bridgehead atoms. The van der Waals surface area contributed by atoms with E-state index in [0.717, 1.165) is 5.56 Å². The van der Waals surface area contributed by atoms with Crippen LogP contribution < -0.4 is 5.32 Å². The summed E-state index contributed by atoms with van der Waals surface area (Å²) in [5.41, 5.74) is 0.759. The third kappa shape index (κ3) is 3.79. The van der Waals surface area contributed by atoms with Crippen LogP contribution in [0, 0.1) is 11.8 Å². The minimum absolute atomic E-state index is 0.0693. The van der Waals surface area contributed by atoms with Crippen LogP contribution in [-0.4, -0.2) is 29.2 Å². The van der Waals surface area contributed by atoms with Crippen LogP contribution in [0.15, 0.2) is 30.4 Å². The van der Waals surface area contributed by atoms with E-state index in [1.165, 1.54) is 4.90 Å². The lowest BCUT2D eigenvalue weighted by Gasteiger charge is -2.18. The number of carbonyl (C=O) groups is 3. The van der Waals surface area contributed by atoms with Gasteiger partial charge in [0.15, 0.2) is 0 Å². The molecule has 1 aromatic carbocycles. The Morgan fingerprint density at radius 1 is 1.19 bits per heavy atom. The van der Waals surface area contributed by atoms with E-state index in [4.69, 9.17) is 23.2 Å². The Labute approximate surface area is 162 Å². The second-order valence-electron chi connectivity index (χ2n) is 6.69. The van der Waals surface area contributed by atoms with Crippen molar-refractivity contribution in [2.24, 2.45) is 11.8 Å². The molecule has 0 radical (unpaired) electrons. The van der Waals surface area contributed by atoms with Crippen LogP contribution in [-0.2, 0) is 14.4 Å². The fraction of sp³-hybridized carbons (Fsp3) is 0.421. The predicted octanol–water partition coefficient (Wildman–Crippen LogP) is 3.51. The lowest BCUT2D eigenvalue weighted by Crippen LogP contribution is -2.36. The van der Waals surface area contributed by atoms with Crippen molar-refractivity contribution in [2.45, 2.75) is 32.2 Å². The van der Waals surface area contributed by atoms with Crippen LogP contribution in [0.4, 0.5) is 0 Å². The van der Waals surface area contributed by atoms with Crippen molar-refractivity contribution in [1.82, 2.24) is 10.2 Å². The molecule has 1 aliphatic heterocycles. The molecule has 1 heterocycles. The fourth-order valence-electron chi connectivity index (χ4n) is 3.55. The quantitative estimate of drug-likeness (QED) is 0.613. The minimum Gasteiger partial charge on any atom is -0.349 e. The normalized spacial score (nSPS) is 23.1. The SMILES string of the molecule is C[C@@H](NC(=O)CCN1C(=O)[C@H]2CC=CC[C@@H]2C1=O)c1ccc(Cl)cc1Cl. The number of halogens is 2. The largest absolute Gasteiger partial charge is 0.349 e. The van der Waals surface area contributed by atoms with Crippen molar-refractivity contribution in [3.63, 3.8) is 0 Å². The summed E-state index contributed by atoms with van der Waals surface area (Å²) in [6.07, 6.45) is 5.16. The fourth-order valence-corrected chi connectivity index (χ4v) is 4.12. The Kier molecular flexibility index (Phi) is 5.68. The van der Waals surface area contributed by atoms with Gasteiger partial charge in [-0.15, -0.1) is 0 Å². The van der Waals surface area contributed by atoms with E-state index in [1.54, 1.807) is 18.2 Å². The number of nitrogens with one attached hydrogen (secondary N) is 1. The molecule has 1 saturated heterocycles. The molecule has 0 spiro atoms. The van der Waals surface area contributed by atoms with Gasteiger partial charge < -0.3 is 5.32 Å². The first-order valence-electron chi connectivity index (χ1n) is 8.63. The van der Waals surface area contributed by atoms with E-state index in [0.29, 0.717) is 22.9 Å². The number of hydrogen-bond donors (Lipinski definition) is 1. The number of rotatable bonds is 5. The van der Waals surface area contributed by atoms with Crippen molar-refractivity contribution < 1.29 is 14.4 Å². The number of imide groups is 1. The van der Waals surface area contributed by atoms with Crippen molar-refractivity contribution in [3.05, 3.63) is 46.0 Å². The Morgan fingerprint density at radius 3 is 2.38 bits per heavy atom. The molecular weight excluding hydrogens is 375 g/mol. The summed E-state index contributed by atoms with van der Waals surface area (Å²) in [6, 6.07) is 4.80. The molecule has 138 valence electrons. The van der Waals surface area contributed by atoms with Crippen molar-refractivity contribution >= 4 is 40.9 Å². The van der Waals surface area contributed by atoms with Gasteiger partial charge in [0.2, 0.25) is 17.7 Å². The van der Waals surface area contributed by atoms with Gasteiger partial charge in [0.25, 0.3) is 0 Å². The summed E-state index contributed by atoms with van der Waals surface area (Å²) in [6.45, 7) is 1.93. The first-order valence-corrected chi connectivity index (χ1v) is 9.38. The first kappa shape index (κ1) is 18.9. The Hall–Kier alpha value is -1.85. The third-order valence-corrected chi connectivity index (χ3v) is 5.53. The van der Waals surface area contributed by atoms with Crippen molar-refractivity contribution in [3.8, 4) is 0 Å². The highest BCUT2D eigenvalue weighted by Crippen LogP contribution is 2.35. The number of hydrogen-bond acceptors (Lipinski definition) is 3. The van der Waals surface area contributed by atoms with Gasteiger partial charge in [0.1, 0.15) is 0 Å². The lowest BCUT2D eigenvalue weighted by atomic mass is 9.85.